The second-order valence-corrected chi connectivity index (χ2v) is 6.67. The third-order valence-electron chi connectivity index (χ3n) is 3.00. The third-order valence-corrected chi connectivity index (χ3v) is 4.64. The lowest BCUT2D eigenvalue weighted by atomic mass is 10.1. The van der Waals surface area contributed by atoms with Crippen molar-refractivity contribution in [3.05, 3.63) is 60.0 Å². The first-order chi connectivity index (χ1) is 10.4. The molecule has 0 bridgehead atoms. The molecule has 116 valence electrons. The number of nitro groups is 1. The Balaban J connectivity index is 1.94. The van der Waals surface area contributed by atoms with Gasteiger partial charge in [-0.05, 0) is 47.0 Å². The number of benzene rings is 1. The predicted octanol–water partition coefficient (Wildman–Crippen LogP) is 3.84. The van der Waals surface area contributed by atoms with Crippen LogP contribution in [0.4, 0.5) is 10.1 Å². The number of hydrogen-bond acceptors (Lipinski definition) is 4. The van der Waals surface area contributed by atoms with E-state index in [1.807, 2.05) is 0 Å². The number of thiophene rings is 1. The molecule has 1 aromatic carbocycles. The quantitative estimate of drug-likeness (QED) is 0.626. The van der Waals surface area contributed by atoms with E-state index in [0.29, 0.717) is 27.2 Å². The van der Waals surface area contributed by atoms with Crippen molar-refractivity contribution in [1.29, 1.82) is 0 Å². The normalized spacial score (nSPS) is 10.5. The Bertz CT molecular complexity index is 733. The molecule has 1 aromatic heterocycles. The van der Waals surface area contributed by atoms with E-state index in [1.54, 1.807) is 19.1 Å². The fraction of sp³-hybridized carbons (Fsp3) is 0.214. The molecule has 1 heterocycles. The largest absolute Gasteiger partial charge is 0.351 e. The molecule has 1 N–H and O–H groups in total. The highest BCUT2D eigenvalue weighted by Crippen LogP contribution is 2.27. The molecule has 0 unspecified atom stereocenters. The Morgan fingerprint density at radius 1 is 1.45 bits per heavy atom. The molecule has 0 radical (unpaired) electrons. The van der Waals surface area contributed by atoms with Crippen LogP contribution in [0.2, 0.25) is 0 Å². The van der Waals surface area contributed by atoms with E-state index in [4.69, 9.17) is 0 Å². The number of carbonyl (C=O) groups is 1. The average molecular weight is 387 g/mol. The Morgan fingerprint density at radius 2 is 2.18 bits per heavy atom. The minimum absolute atomic E-state index is 0.0439. The number of nitrogens with zero attached hydrogens (tertiary/aromatic N) is 1. The van der Waals surface area contributed by atoms with Crippen LogP contribution in [0.15, 0.2) is 28.7 Å². The SMILES string of the molecule is Cc1sc(C(=O)NCCc2ccc(F)c(Br)c2)cc1[N+](=O)[O-]. The Hall–Kier alpha value is -1.80. The second-order valence-electron chi connectivity index (χ2n) is 4.56. The van der Waals surface area contributed by atoms with E-state index >= 15 is 0 Å². The number of amides is 1. The van der Waals surface area contributed by atoms with Crippen LogP contribution in [0, 0.1) is 22.9 Å². The first-order valence-corrected chi connectivity index (χ1v) is 7.96. The number of nitrogens with one attached hydrogen (secondary N) is 1. The summed E-state index contributed by atoms with van der Waals surface area (Å²) >= 11 is 4.19. The zero-order valence-corrected chi connectivity index (χ0v) is 14.0. The summed E-state index contributed by atoms with van der Waals surface area (Å²) < 4.78 is 13.5. The van der Waals surface area contributed by atoms with Crippen molar-refractivity contribution in [2.45, 2.75) is 13.3 Å². The molecule has 8 heteroatoms. The standard InChI is InChI=1S/C14H12BrFN2O3S/c1-8-12(18(20)21)7-13(22-8)14(19)17-5-4-9-2-3-11(16)10(15)6-9/h2-3,6-7H,4-5H2,1H3,(H,17,19). The maximum Gasteiger partial charge on any atom is 0.283 e. The smallest absolute Gasteiger partial charge is 0.283 e. The highest BCUT2D eigenvalue weighted by atomic mass is 79.9. The zero-order chi connectivity index (χ0) is 16.3. The minimum Gasteiger partial charge on any atom is -0.351 e. The van der Waals surface area contributed by atoms with Gasteiger partial charge >= 0.3 is 0 Å². The molecule has 0 atom stereocenters. The lowest BCUT2D eigenvalue weighted by Crippen LogP contribution is -2.24. The maximum absolute atomic E-state index is 13.1. The molecule has 0 aliphatic rings. The van der Waals surface area contributed by atoms with Crippen molar-refractivity contribution in [3.8, 4) is 0 Å². The Kier molecular flexibility index (Phi) is 5.25. The van der Waals surface area contributed by atoms with Crippen molar-refractivity contribution in [3.63, 3.8) is 0 Å². The van der Waals surface area contributed by atoms with Crippen LogP contribution in [-0.2, 0) is 6.42 Å². The molecular formula is C14H12BrFN2O3S. The highest BCUT2D eigenvalue weighted by molar-refractivity contribution is 9.10. The predicted molar refractivity (Wildman–Crippen MR) is 85.8 cm³/mol. The summed E-state index contributed by atoms with van der Waals surface area (Å²) in [5.41, 5.74) is 0.833. The van der Waals surface area contributed by atoms with Crippen LogP contribution < -0.4 is 5.32 Å². The third kappa shape index (κ3) is 3.89. The summed E-state index contributed by atoms with van der Waals surface area (Å²) in [5, 5.41) is 13.5. The molecule has 5 nitrogen and oxygen atoms in total. The molecular weight excluding hydrogens is 375 g/mol. The zero-order valence-electron chi connectivity index (χ0n) is 11.6. The molecule has 2 aromatic rings. The van der Waals surface area contributed by atoms with Crippen LogP contribution in [0.1, 0.15) is 20.1 Å². The number of rotatable bonds is 5. The molecule has 1 amide bonds. The highest BCUT2D eigenvalue weighted by Gasteiger charge is 2.19. The van der Waals surface area contributed by atoms with Gasteiger partial charge in [-0.2, -0.15) is 0 Å². The number of halogens is 2. The van der Waals surface area contributed by atoms with Crippen LogP contribution in [0.25, 0.3) is 0 Å². The van der Waals surface area contributed by atoms with Crippen LogP contribution in [0.5, 0.6) is 0 Å². The van der Waals surface area contributed by atoms with Gasteiger partial charge in [0.2, 0.25) is 0 Å². The summed E-state index contributed by atoms with van der Waals surface area (Å²) in [7, 11) is 0. The van der Waals surface area contributed by atoms with Crippen LogP contribution in [-0.4, -0.2) is 17.4 Å². The number of carbonyl (C=O) groups excluding carboxylic acids is 1. The Labute approximate surface area is 138 Å². The average Bonchev–Trinajstić information content (AvgIpc) is 2.85. The second kappa shape index (κ2) is 6.97. The summed E-state index contributed by atoms with van der Waals surface area (Å²) in [4.78, 5) is 23.0. The van der Waals surface area contributed by atoms with Gasteiger partial charge in [-0.15, -0.1) is 11.3 Å². The van der Waals surface area contributed by atoms with Gasteiger partial charge in [0.1, 0.15) is 5.82 Å². The summed E-state index contributed by atoms with van der Waals surface area (Å²) in [6.45, 7) is 1.97. The molecule has 0 aliphatic carbocycles. The maximum atomic E-state index is 13.1. The lowest BCUT2D eigenvalue weighted by Gasteiger charge is -2.04. The monoisotopic (exact) mass is 386 g/mol. The molecule has 0 spiro atoms. The van der Waals surface area contributed by atoms with Crippen LogP contribution >= 0.6 is 27.3 Å². The number of aryl methyl sites for hydroxylation is 1. The molecule has 2 rings (SSSR count). The topological polar surface area (TPSA) is 72.2 Å². The molecule has 0 saturated carbocycles. The van der Waals surface area contributed by atoms with Crippen molar-refractivity contribution < 1.29 is 14.1 Å². The van der Waals surface area contributed by atoms with Gasteiger partial charge in [0, 0.05) is 12.6 Å². The van der Waals surface area contributed by atoms with Gasteiger partial charge in [0.05, 0.1) is 19.2 Å². The van der Waals surface area contributed by atoms with E-state index in [-0.39, 0.29) is 17.4 Å². The first kappa shape index (κ1) is 16.6. The molecule has 0 saturated heterocycles. The molecule has 22 heavy (non-hydrogen) atoms. The summed E-state index contributed by atoms with van der Waals surface area (Å²) in [6.07, 6.45) is 0.539. The van der Waals surface area contributed by atoms with Crippen LogP contribution in [0.3, 0.4) is 0 Å². The van der Waals surface area contributed by atoms with E-state index in [1.165, 1.54) is 12.1 Å². The van der Waals surface area contributed by atoms with E-state index in [9.17, 15) is 19.3 Å². The van der Waals surface area contributed by atoms with E-state index in [0.717, 1.165) is 16.9 Å². The van der Waals surface area contributed by atoms with Crippen molar-refractivity contribution >= 4 is 38.9 Å². The molecule has 0 aliphatic heterocycles. The minimum atomic E-state index is -0.501. The van der Waals surface area contributed by atoms with Crippen molar-refractivity contribution in [2.75, 3.05) is 6.54 Å². The van der Waals surface area contributed by atoms with Gasteiger partial charge < -0.3 is 5.32 Å². The van der Waals surface area contributed by atoms with E-state index < -0.39 is 4.92 Å². The Morgan fingerprint density at radius 3 is 2.77 bits per heavy atom. The summed E-state index contributed by atoms with van der Waals surface area (Å²) in [6, 6.07) is 5.94. The van der Waals surface area contributed by atoms with Crippen molar-refractivity contribution in [1.82, 2.24) is 5.32 Å². The van der Waals surface area contributed by atoms with Gasteiger partial charge in [0.25, 0.3) is 11.6 Å². The van der Waals surface area contributed by atoms with E-state index in [2.05, 4.69) is 21.2 Å². The fourth-order valence-corrected chi connectivity index (χ4v) is 3.20. The van der Waals surface area contributed by atoms with Crippen molar-refractivity contribution in [2.24, 2.45) is 0 Å². The molecule has 0 fully saturated rings. The van der Waals surface area contributed by atoms with Gasteiger partial charge in [-0.3, -0.25) is 14.9 Å². The lowest BCUT2D eigenvalue weighted by molar-refractivity contribution is -0.385. The van der Waals surface area contributed by atoms with Gasteiger partial charge in [0.15, 0.2) is 0 Å². The van der Waals surface area contributed by atoms with Gasteiger partial charge in [-0.25, -0.2) is 4.39 Å². The number of hydrogen-bond donors (Lipinski definition) is 1. The first-order valence-electron chi connectivity index (χ1n) is 6.35. The fourth-order valence-electron chi connectivity index (χ4n) is 1.87. The van der Waals surface area contributed by atoms with Gasteiger partial charge in [-0.1, -0.05) is 6.07 Å². The summed E-state index contributed by atoms with van der Waals surface area (Å²) in [5.74, 6) is -0.684.